The molecule has 4 N–H and O–H groups in total. The fraction of sp³-hybridized carbons (Fsp3) is 0.875. The van der Waals surface area contributed by atoms with E-state index in [2.05, 4.69) is 4.90 Å². The first-order chi connectivity index (χ1) is 10.5. The Labute approximate surface area is 132 Å². The first-order valence-corrected chi connectivity index (χ1v) is 8.59. The van der Waals surface area contributed by atoms with Gasteiger partial charge in [0.05, 0.1) is 12.5 Å². The standard InChI is InChI=1S/C16H28N4O2/c17-14-5-1-3-11-7-19(9-13(11)14)10-15(21)20-6-2-4-12(8-20)16(18)22/h11-14H,1-10,17H2,(H2,18,22). The van der Waals surface area contributed by atoms with E-state index in [1.165, 1.54) is 12.8 Å². The van der Waals surface area contributed by atoms with Crippen LogP contribution in [0.15, 0.2) is 0 Å². The lowest BCUT2D eigenvalue weighted by Gasteiger charge is -2.32. The van der Waals surface area contributed by atoms with Crippen LogP contribution in [0.4, 0.5) is 0 Å². The number of fused-ring (bicyclic) bond motifs is 1. The van der Waals surface area contributed by atoms with Gasteiger partial charge in [0.15, 0.2) is 0 Å². The molecule has 6 heteroatoms. The van der Waals surface area contributed by atoms with E-state index in [0.29, 0.717) is 31.0 Å². The molecule has 1 saturated carbocycles. The molecule has 3 aliphatic rings. The Morgan fingerprint density at radius 2 is 1.86 bits per heavy atom. The SMILES string of the molecule is NC(=O)C1CCCN(C(=O)CN2CC3CCCC(N)C3C2)C1. The summed E-state index contributed by atoms with van der Waals surface area (Å²) >= 11 is 0. The maximum atomic E-state index is 12.5. The average molecular weight is 308 g/mol. The quantitative estimate of drug-likeness (QED) is 0.753. The molecule has 0 aromatic rings. The Balaban J connectivity index is 1.53. The fourth-order valence-electron chi connectivity index (χ4n) is 4.47. The van der Waals surface area contributed by atoms with Crippen molar-refractivity contribution >= 4 is 11.8 Å². The van der Waals surface area contributed by atoms with Gasteiger partial charge >= 0.3 is 0 Å². The fourth-order valence-corrected chi connectivity index (χ4v) is 4.47. The summed E-state index contributed by atoms with van der Waals surface area (Å²) in [5.41, 5.74) is 11.6. The maximum absolute atomic E-state index is 12.5. The van der Waals surface area contributed by atoms with Gasteiger partial charge in [-0.15, -0.1) is 0 Å². The molecule has 0 aromatic heterocycles. The van der Waals surface area contributed by atoms with Crippen molar-refractivity contribution in [2.45, 2.75) is 38.1 Å². The number of piperidine rings is 1. The summed E-state index contributed by atoms with van der Waals surface area (Å²) < 4.78 is 0. The molecule has 1 aliphatic carbocycles. The van der Waals surface area contributed by atoms with Crippen LogP contribution in [0.1, 0.15) is 32.1 Å². The highest BCUT2D eigenvalue weighted by molar-refractivity contribution is 5.81. The Hall–Kier alpha value is -1.14. The van der Waals surface area contributed by atoms with E-state index in [9.17, 15) is 9.59 Å². The molecule has 124 valence electrons. The van der Waals surface area contributed by atoms with Gasteiger partial charge in [-0.05, 0) is 37.5 Å². The molecule has 0 aromatic carbocycles. The molecule has 2 saturated heterocycles. The van der Waals surface area contributed by atoms with Crippen LogP contribution in [0.5, 0.6) is 0 Å². The minimum absolute atomic E-state index is 0.137. The molecule has 2 aliphatic heterocycles. The predicted octanol–water partition coefficient (Wildman–Crippen LogP) is -0.230. The van der Waals surface area contributed by atoms with E-state index < -0.39 is 0 Å². The van der Waals surface area contributed by atoms with Crippen molar-refractivity contribution in [3.8, 4) is 0 Å². The highest BCUT2D eigenvalue weighted by Gasteiger charge is 2.39. The average Bonchev–Trinajstić information content (AvgIpc) is 2.91. The number of carbonyl (C=O) groups excluding carboxylic acids is 2. The van der Waals surface area contributed by atoms with Gasteiger partial charge in [-0.1, -0.05) is 6.42 Å². The van der Waals surface area contributed by atoms with E-state index in [0.717, 1.165) is 38.9 Å². The second-order valence-corrected chi connectivity index (χ2v) is 7.29. The normalized spacial score (nSPS) is 36.1. The highest BCUT2D eigenvalue weighted by Crippen LogP contribution is 2.35. The smallest absolute Gasteiger partial charge is 0.236 e. The molecule has 2 heterocycles. The lowest BCUT2D eigenvalue weighted by molar-refractivity contribution is -0.135. The van der Waals surface area contributed by atoms with E-state index in [1.807, 2.05) is 4.90 Å². The minimum Gasteiger partial charge on any atom is -0.369 e. The zero-order chi connectivity index (χ0) is 15.7. The van der Waals surface area contributed by atoms with Crippen LogP contribution in [0.25, 0.3) is 0 Å². The summed E-state index contributed by atoms with van der Waals surface area (Å²) in [6.07, 6.45) is 5.26. The molecular weight excluding hydrogens is 280 g/mol. The number of carbonyl (C=O) groups is 2. The monoisotopic (exact) mass is 308 g/mol. The third kappa shape index (κ3) is 3.27. The Bertz CT molecular complexity index is 442. The van der Waals surface area contributed by atoms with Crippen molar-refractivity contribution in [3.63, 3.8) is 0 Å². The number of primary amides is 1. The minimum atomic E-state index is -0.282. The first kappa shape index (κ1) is 15.7. The molecule has 4 unspecified atom stereocenters. The molecule has 0 bridgehead atoms. The number of nitrogens with zero attached hydrogens (tertiary/aromatic N) is 2. The number of amides is 2. The van der Waals surface area contributed by atoms with Gasteiger partial charge in [0.25, 0.3) is 0 Å². The molecule has 6 nitrogen and oxygen atoms in total. The van der Waals surface area contributed by atoms with Gasteiger partial charge in [0, 0.05) is 32.2 Å². The lowest BCUT2D eigenvalue weighted by Crippen LogP contribution is -2.47. The van der Waals surface area contributed by atoms with E-state index >= 15 is 0 Å². The van der Waals surface area contributed by atoms with E-state index in [1.54, 1.807) is 0 Å². The zero-order valence-electron chi connectivity index (χ0n) is 13.2. The van der Waals surface area contributed by atoms with E-state index in [4.69, 9.17) is 11.5 Å². The molecule has 3 rings (SSSR count). The van der Waals surface area contributed by atoms with Crippen molar-refractivity contribution < 1.29 is 9.59 Å². The molecule has 0 radical (unpaired) electrons. The summed E-state index contributed by atoms with van der Waals surface area (Å²) in [4.78, 5) is 27.9. The molecular formula is C16H28N4O2. The number of hydrogen-bond acceptors (Lipinski definition) is 4. The van der Waals surface area contributed by atoms with Gasteiger partial charge in [0.1, 0.15) is 0 Å². The molecule has 2 amide bonds. The summed E-state index contributed by atoms with van der Waals surface area (Å²) in [6, 6.07) is 0.299. The summed E-state index contributed by atoms with van der Waals surface area (Å²) in [5.74, 6) is 0.902. The second kappa shape index (κ2) is 6.54. The second-order valence-electron chi connectivity index (χ2n) is 7.29. The van der Waals surface area contributed by atoms with Crippen LogP contribution in [-0.2, 0) is 9.59 Å². The predicted molar refractivity (Wildman–Crippen MR) is 83.7 cm³/mol. The molecule has 4 atom stereocenters. The summed E-state index contributed by atoms with van der Waals surface area (Å²) in [7, 11) is 0. The topological polar surface area (TPSA) is 92.7 Å². The van der Waals surface area contributed by atoms with Crippen LogP contribution in [0, 0.1) is 17.8 Å². The lowest BCUT2D eigenvalue weighted by atomic mass is 9.78. The van der Waals surface area contributed by atoms with Crippen molar-refractivity contribution in [3.05, 3.63) is 0 Å². The third-order valence-corrected chi connectivity index (χ3v) is 5.76. The highest BCUT2D eigenvalue weighted by atomic mass is 16.2. The first-order valence-electron chi connectivity index (χ1n) is 8.59. The van der Waals surface area contributed by atoms with Crippen molar-refractivity contribution in [1.29, 1.82) is 0 Å². The Morgan fingerprint density at radius 1 is 1.05 bits per heavy atom. The number of likely N-dealkylation sites (tertiary alicyclic amines) is 2. The third-order valence-electron chi connectivity index (χ3n) is 5.76. The number of rotatable bonds is 3. The van der Waals surface area contributed by atoms with Gasteiger partial charge in [0.2, 0.25) is 11.8 Å². The molecule has 22 heavy (non-hydrogen) atoms. The van der Waals surface area contributed by atoms with Crippen LogP contribution in [-0.4, -0.2) is 60.4 Å². The largest absolute Gasteiger partial charge is 0.369 e. The van der Waals surface area contributed by atoms with Gasteiger partial charge < -0.3 is 16.4 Å². The maximum Gasteiger partial charge on any atom is 0.236 e. The van der Waals surface area contributed by atoms with Gasteiger partial charge in [-0.3, -0.25) is 14.5 Å². The molecule has 3 fully saturated rings. The Kier molecular flexibility index (Phi) is 4.68. The Morgan fingerprint density at radius 3 is 2.59 bits per heavy atom. The van der Waals surface area contributed by atoms with E-state index in [-0.39, 0.29) is 17.7 Å². The molecule has 0 spiro atoms. The van der Waals surface area contributed by atoms with Crippen molar-refractivity contribution in [2.24, 2.45) is 29.2 Å². The van der Waals surface area contributed by atoms with Crippen LogP contribution >= 0.6 is 0 Å². The summed E-state index contributed by atoms with van der Waals surface area (Å²) in [6.45, 7) is 3.66. The van der Waals surface area contributed by atoms with Gasteiger partial charge in [-0.25, -0.2) is 0 Å². The number of hydrogen-bond donors (Lipinski definition) is 2. The van der Waals surface area contributed by atoms with Crippen LogP contribution in [0.2, 0.25) is 0 Å². The van der Waals surface area contributed by atoms with Gasteiger partial charge in [-0.2, -0.15) is 0 Å². The number of nitrogens with two attached hydrogens (primary N) is 2. The summed E-state index contributed by atoms with van der Waals surface area (Å²) in [5, 5.41) is 0. The van der Waals surface area contributed by atoms with Crippen LogP contribution < -0.4 is 11.5 Å². The van der Waals surface area contributed by atoms with Crippen molar-refractivity contribution in [2.75, 3.05) is 32.7 Å². The van der Waals surface area contributed by atoms with Crippen LogP contribution in [0.3, 0.4) is 0 Å². The zero-order valence-corrected chi connectivity index (χ0v) is 13.2. The van der Waals surface area contributed by atoms with Crippen molar-refractivity contribution in [1.82, 2.24) is 9.80 Å².